The molecule has 1 atom stereocenters. The molecule has 0 radical (unpaired) electrons. The number of hydrogen-bond donors (Lipinski definition) is 1. The van der Waals surface area contributed by atoms with Crippen molar-refractivity contribution >= 4 is 11.6 Å². The number of fused-ring (bicyclic) bond motifs is 1. The van der Waals surface area contributed by atoms with Crippen molar-refractivity contribution in [3.8, 4) is 5.82 Å². The van der Waals surface area contributed by atoms with E-state index in [9.17, 15) is 14.5 Å². The number of nitrogens with one attached hydrogen (secondary N) is 1. The Labute approximate surface area is 147 Å². The molecule has 132 valence electrons. The fourth-order valence-electron chi connectivity index (χ4n) is 3.31. The van der Waals surface area contributed by atoms with E-state index in [4.69, 9.17) is 0 Å². The van der Waals surface area contributed by atoms with Crippen molar-refractivity contribution in [2.24, 2.45) is 0 Å². The van der Waals surface area contributed by atoms with E-state index in [1.54, 1.807) is 19.2 Å². The molecule has 0 saturated heterocycles. The fraction of sp³-hybridized carbons (Fsp3) is 0.235. The smallest absolute Gasteiger partial charge is 0.333 e. The largest absolute Gasteiger partial charge is 0.347 e. The quantitative estimate of drug-likeness (QED) is 0.571. The predicted octanol–water partition coefficient (Wildman–Crippen LogP) is 3.12. The van der Waals surface area contributed by atoms with Crippen LogP contribution in [0.2, 0.25) is 0 Å². The summed E-state index contributed by atoms with van der Waals surface area (Å²) in [7, 11) is 0. The SMILES string of the molecule is Cc1nc(NC2CCc3c(F)cccc32)nc(-n2ccnc2)c1[N+](=O)[O-]. The fourth-order valence-corrected chi connectivity index (χ4v) is 3.31. The Kier molecular flexibility index (Phi) is 3.83. The van der Waals surface area contributed by atoms with Crippen LogP contribution in [0, 0.1) is 22.9 Å². The Morgan fingerprint density at radius 1 is 1.38 bits per heavy atom. The van der Waals surface area contributed by atoms with Crippen LogP contribution in [0.15, 0.2) is 36.9 Å². The van der Waals surface area contributed by atoms with Crippen molar-refractivity contribution in [3.05, 3.63) is 69.7 Å². The second-order valence-corrected chi connectivity index (χ2v) is 6.08. The Balaban J connectivity index is 1.73. The molecule has 3 aromatic rings. The Morgan fingerprint density at radius 2 is 2.23 bits per heavy atom. The maximum Gasteiger partial charge on any atom is 0.333 e. The van der Waals surface area contributed by atoms with Crippen molar-refractivity contribution in [3.63, 3.8) is 0 Å². The van der Waals surface area contributed by atoms with Gasteiger partial charge in [-0.3, -0.25) is 14.7 Å². The van der Waals surface area contributed by atoms with Crippen LogP contribution in [0.3, 0.4) is 0 Å². The number of aryl methyl sites for hydroxylation is 1. The summed E-state index contributed by atoms with van der Waals surface area (Å²) in [5, 5.41) is 14.6. The molecule has 1 N–H and O–H groups in total. The third-order valence-electron chi connectivity index (χ3n) is 4.49. The molecule has 0 spiro atoms. The number of anilines is 1. The van der Waals surface area contributed by atoms with E-state index in [2.05, 4.69) is 20.3 Å². The molecule has 26 heavy (non-hydrogen) atoms. The number of aromatic nitrogens is 4. The van der Waals surface area contributed by atoms with Crippen molar-refractivity contribution < 1.29 is 9.31 Å². The molecule has 1 aliphatic rings. The van der Waals surface area contributed by atoms with Gasteiger partial charge in [0.15, 0.2) is 0 Å². The topological polar surface area (TPSA) is 98.8 Å². The third kappa shape index (κ3) is 2.67. The lowest BCUT2D eigenvalue weighted by Crippen LogP contribution is -2.14. The van der Waals surface area contributed by atoms with Gasteiger partial charge in [0, 0.05) is 12.4 Å². The van der Waals surface area contributed by atoms with E-state index in [0.29, 0.717) is 18.4 Å². The monoisotopic (exact) mass is 354 g/mol. The van der Waals surface area contributed by atoms with Gasteiger partial charge in [-0.2, -0.15) is 4.98 Å². The van der Waals surface area contributed by atoms with Crippen LogP contribution >= 0.6 is 0 Å². The first-order chi connectivity index (χ1) is 12.5. The molecule has 0 aliphatic heterocycles. The first-order valence-electron chi connectivity index (χ1n) is 8.10. The highest BCUT2D eigenvalue weighted by molar-refractivity contribution is 5.54. The highest BCUT2D eigenvalue weighted by Crippen LogP contribution is 2.35. The van der Waals surface area contributed by atoms with E-state index >= 15 is 0 Å². The molecule has 0 saturated carbocycles. The number of halogens is 1. The summed E-state index contributed by atoms with van der Waals surface area (Å²) >= 11 is 0. The Bertz CT molecular complexity index is 989. The number of nitro groups is 1. The van der Waals surface area contributed by atoms with Crippen LogP contribution < -0.4 is 5.32 Å². The zero-order chi connectivity index (χ0) is 18.3. The van der Waals surface area contributed by atoms with E-state index in [0.717, 1.165) is 5.56 Å². The summed E-state index contributed by atoms with van der Waals surface area (Å²) in [4.78, 5) is 23.4. The Morgan fingerprint density at radius 3 is 2.96 bits per heavy atom. The van der Waals surface area contributed by atoms with Gasteiger partial charge in [-0.25, -0.2) is 14.4 Å². The average Bonchev–Trinajstić information content (AvgIpc) is 3.25. The lowest BCUT2D eigenvalue weighted by atomic mass is 10.1. The summed E-state index contributed by atoms with van der Waals surface area (Å²) in [6, 6.07) is 4.85. The molecule has 1 unspecified atom stereocenters. The maximum atomic E-state index is 13.9. The second-order valence-electron chi connectivity index (χ2n) is 6.08. The molecule has 0 amide bonds. The van der Waals surface area contributed by atoms with Gasteiger partial charge in [0.05, 0.1) is 11.0 Å². The van der Waals surface area contributed by atoms with Gasteiger partial charge >= 0.3 is 5.69 Å². The zero-order valence-electron chi connectivity index (χ0n) is 13.9. The van der Waals surface area contributed by atoms with Gasteiger partial charge in [0.1, 0.15) is 17.8 Å². The molecule has 2 heterocycles. The van der Waals surface area contributed by atoms with Gasteiger partial charge in [0.2, 0.25) is 11.8 Å². The maximum absolute atomic E-state index is 13.9. The second kappa shape index (κ2) is 6.17. The molecule has 2 aromatic heterocycles. The molecule has 1 aliphatic carbocycles. The van der Waals surface area contributed by atoms with E-state index < -0.39 is 4.92 Å². The number of imidazole rings is 1. The first kappa shape index (κ1) is 16.1. The van der Waals surface area contributed by atoms with Crippen molar-refractivity contribution in [1.82, 2.24) is 19.5 Å². The lowest BCUT2D eigenvalue weighted by Gasteiger charge is -2.15. The van der Waals surface area contributed by atoms with Gasteiger partial charge in [-0.1, -0.05) is 12.1 Å². The molecule has 9 heteroatoms. The summed E-state index contributed by atoms with van der Waals surface area (Å²) in [5.74, 6) is 0.186. The van der Waals surface area contributed by atoms with Crippen molar-refractivity contribution in [2.45, 2.75) is 25.8 Å². The van der Waals surface area contributed by atoms with E-state index in [-0.39, 0.29) is 35.0 Å². The minimum Gasteiger partial charge on any atom is -0.347 e. The molecular weight excluding hydrogens is 339 g/mol. The normalized spacial score (nSPS) is 15.7. The number of hydrogen-bond acceptors (Lipinski definition) is 6. The summed E-state index contributed by atoms with van der Waals surface area (Å²) in [6.45, 7) is 1.56. The minimum atomic E-state index is -0.505. The molecule has 0 bridgehead atoms. The molecule has 1 aromatic carbocycles. The van der Waals surface area contributed by atoms with E-state index in [1.165, 1.54) is 23.2 Å². The standard InChI is InChI=1S/C17H15FN6O2/c1-10-15(24(25)26)16(23-8-7-19-9-23)22-17(20-10)21-14-6-5-11-12(14)3-2-4-13(11)18/h2-4,7-9,14H,5-6H2,1H3,(H,20,21,22). The molecular formula is C17H15FN6O2. The summed E-state index contributed by atoms with van der Waals surface area (Å²) < 4.78 is 15.4. The summed E-state index contributed by atoms with van der Waals surface area (Å²) in [6.07, 6.45) is 5.87. The minimum absolute atomic E-state index is 0.139. The number of benzene rings is 1. The first-order valence-corrected chi connectivity index (χ1v) is 8.10. The Hall–Kier alpha value is -3.36. The van der Waals surface area contributed by atoms with Crippen LogP contribution in [0.5, 0.6) is 0 Å². The van der Waals surface area contributed by atoms with Crippen LogP contribution in [-0.2, 0) is 6.42 Å². The predicted molar refractivity (Wildman–Crippen MR) is 91.6 cm³/mol. The van der Waals surface area contributed by atoms with Crippen molar-refractivity contribution in [1.29, 1.82) is 0 Å². The highest BCUT2D eigenvalue weighted by atomic mass is 19.1. The number of nitrogens with zero attached hydrogens (tertiary/aromatic N) is 5. The van der Waals surface area contributed by atoms with Gasteiger partial charge in [0.25, 0.3) is 0 Å². The van der Waals surface area contributed by atoms with Crippen LogP contribution in [0.1, 0.15) is 29.3 Å². The number of rotatable bonds is 4. The van der Waals surface area contributed by atoms with Gasteiger partial charge in [-0.15, -0.1) is 0 Å². The lowest BCUT2D eigenvalue weighted by molar-refractivity contribution is -0.385. The van der Waals surface area contributed by atoms with Gasteiger partial charge in [-0.05, 0) is 37.0 Å². The van der Waals surface area contributed by atoms with Crippen LogP contribution in [0.25, 0.3) is 5.82 Å². The van der Waals surface area contributed by atoms with Gasteiger partial charge < -0.3 is 5.32 Å². The highest BCUT2D eigenvalue weighted by Gasteiger charge is 2.28. The van der Waals surface area contributed by atoms with Crippen molar-refractivity contribution in [2.75, 3.05) is 5.32 Å². The average molecular weight is 354 g/mol. The van der Waals surface area contributed by atoms with Crippen LogP contribution in [-0.4, -0.2) is 24.4 Å². The third-order valence-corrected chi connectivity index (χ3v) is 4.49. The molecule has 8 nitrogen and oxygen atoms in total. The molecule has 4 rings (SSSR count). The molecule has 0 fully saturated rings. The summed E-state index contributed by atoms with van der Waals surface area (Å²) in [5.41, 5.74) is 1.63. The van der Waals surface area contributed by atoms with E-state index in [1.807, 2.05) is 6.07 Å². The zero-order valence-corrected chi connectivity index (χ0v) is 13.9. The van der Waals surface area contributed by atoms with Crippen LogP contribution in [0.4, 0.5) is 16.0 Å².